The monoisotopic (exact) mass is 387 g/mol. The van der Waals surface area contributed by atoms with E-state index in [1.807, 2.05) is 14.1 Å². The molecule has 20 heavy (non-hydrogen) atoms. The normalized spacial score (nSPS) is 10.9. The van der Waals surface area contributed by atoms with E-state index >= 15 is 0 Å². The molecule has 1 amide bonds. The summed E-state index contributed by atoms with van der Waals surface area (Å²) in [6.45, 7) is 1.80. The van der Waals surface area contributed by atoms with Gasteiger partial charge in [-0.05, 0) is 54.7 Å². The minimum absolute atomic E-state index is 0.430. The van der Waals surface area contributed by atoms with Crippen molar-refractivity contribution in [3.05, 3.63) is 21.3 Å². The number of primary amides is 1. The molecule has 2 aromatic rings. The van der Waals surface area contributed by atoms with E-state index in [2.05, 4.69) is 42.8 Å². The van der Waals surface area contributed by atoms with Crippen LogP contribution in [-0.4, -0.2) is 36.1 Å². The molecule has 0 spiro atoms. The van der Waals surface area contributed by atoms with Crippen LogP contribution in [0.25, 0.3) is 11.0 Å². The summed E-state index contributed by atoms with van der Waals surface area (Å²) in [5, 5.41) is 6.24. The quantitative estimate of drug-likeness (QED) is 0.517. The standard InChI is InChI=1S/C13H18IN5O/c1-16-4-3-5-19-11-9(14)6-8(12(15)20)7-10(11)18-13(19)17-2/h6-7,16H,3-5H2,1-2H3,(H2,15,20)(H,17,18). The zero-order valence-corrected chi connectivity index (χ0v) is 13.7. The number of anilines is 1. The van der Waals surface area contributed by atoms with Crippen LogP contribution >= 0.6 is 22.6 Å². The van der Waals surface area contributed by atoms with Crippen LogP contribution < -0.4 is 16.4 Å². The van der Waals surface area contributed by atoms with Crippen molar-refractivity contribution in [3.63, 3.8) is 0 Å². The third kappa shape index (κ3) is 2.88. The number of aromatic nitrogens is 2. The first-order valence-corrected chi connectivity index (χ1v) is 7.48. The maximum absolute atomic E-state index is 11.3. The molecule has 108 valence electrons. The molecule has 2 rings (SSSR count). The molecule has 1 aromatic heterocycles. The molecule has 0 saturated carbocycles. The van der Waals surface area contributed by atoms with Crippen LogP contribution in [0.4, 0.5) is 5.95 Å². The van der Waals surface area contributed by atoms with Gasteiger partial charge in [-0.1, -0.05) is 0 Å². The van der Waals surface area contributed by atoms with Crippen molar-refractivity contribution >= 4 is 45.5 Å². The number of imidazole rings is 1. The molecule has 0 aliphatic heterocycles. The number of nitrogens with zero attached hydrogens (tertiary/aromatic N) is 2. The number of aryl methyl sites for hydroxylation is 1. The Morgan fingerprint density at radius 2 is 2.20 bits per heavy atom. The summed E-state index contributed by atoms with van der Waals surface area (Å²) in [6, 6.07) is 3.55. The highest BCUT2D eigenvalue weighted by Gasteiger charge is 2.15. The average molecular weight is 387 g/mol. The van der Waals surface area contributed by atoms with Gasteiger partial charge in [-0.3, -0.25) is 4.79 Å². The number of benzene rings is 1. The Morgan fingerprint density at radius 3 is 2.80 bits per heavy atom. The van der Waals surface area contributed by atoms with Crippen molar-refractivity contribution in [1.82, 2.24) is 14.9 Å². The van der Waals surface area contributed by atoms with Crippen molar-refractivity contribution < 1.29 is 4.79 Å². The van der Waals surface area contributed by atoms with Gasteiger partial charge >= 0.3 is 0 Å². The van der Waals surface area contributed by atoms with Crippen molar-refractivity contribution in [1.29, 1.82) is 0 Å². The van der Waals surface area contributed by atoms with Crippen molar-refractivity contribution in [2.45, 2.75) is 13.0 Å². The number of hydrogen-bond donors (Lipinski definition) is 3. The number of nitrogens with one attached hydrogen (secondary N) is 2. The number of carbonyl (C=O) groups is 1. The first-order valence-electron chi connectivity index (χ1n) is 6.40. The number of halogens is 1. The first-order chi connectivity index (χ1) is 9.58. The fourth-order valence-corrected chi connectivity index (χ4v) is 3.09. The summed E-state index contributed by atoms with van der Waals surface area (Å²) in [5.74, 6) is 0.371. The van der Waals surface area contributed by atoms with Crippen LogP contribution in [0.1, 0.15) is 16.8 Å². The molecule has 6 nitrogen and oxygen atoms in total. The van der Waals surface area contributed by atoms with Gasteiger partial charge in [0.2, 0.25) is 11.9 Å². The highest BCUT2D eigenvalue weighted by molar-refractivity contribution is 14.1. The van der Waals surface area contributed by atoms with Crippen LogP contribution in [0.3, 0.4) is 0 Å². The Kier molecular flexibility index (Phi) is 4.81. The van der Waals surface area contributed by atoms with Gasteiger partial charge in [0, 0.05) is 22.7 Å². The average Bonchev–Trinajstić information content (AvgIpc) is 2.77. The molecule has 0 aliphatic rings. The molecular weight excluding hydrogens is 369 g/mol. The van der Waals surface area contributed by atoms with Crippen LogP contribution in [0.15, 0.2) is 12.1 Å². The van der Waals surface area contributed by atoms with Gasteiger partial charge in [-0.15, -0.1) is 0 Å². The highest BCUT2D eigenvalue weighted by Crippen LogP contribution is 2.26. The molecule has 4 N–H and O–H groups in total. The van der Waals surface area contributed by atoms with E-state index in [0.717, 1.165) is 40.1 Å². The van der Waals surface area contributed by atoms with Gasteiger partial charge in [0.1, 0.15) is 0 Å². The molecule has 0 atom stereocenters. The Morgan fingerprint density at radius 1 is 1.45 bits per heavy atom. The molecular formula is C13H18IN5O. The summed E-state index contributed by atoms with van der Waals surface area (Å²) in [4.78, 5) is 15.9. The number of rotatable bonds is 6. The minimum atomic E-state index is -0.430. The molecule has 0 unspecified atom stereocenters. The van der Waals surface area contributed by atoms with Gasteiger partial charge < -0.3 is 20.9 Å². The number of carbonyl (C=O) groups excluding carboxylic acids is 1. The number of fused-ring (bicyclic) bond motifs is 1. The predicted octanol–water partition coefficient (Wildman–Crippen LogP) is 1.39. The zero-order chi connectivity index (χ0) is 14.7. The lowest BCUT2D eigenvalue weighted by atomic mass is 10.2. The van der Waals surface area contributed by atoms with E-state index in [0.29, 0.717) is 5.56 Å². The second-order valence-electron chi connectivity index (χ2n) is 4.48. The van der Waals surface area contributed by atoms with Crippen molar-refractivity contribution in [2.75, 3.05) is 26.0 Å². The van der Waals surface area contributed by atoms with Crippen LogP contribution in [0, 0.1) is 3.57 Å². The zero-order valence-electron chi connectivity index (χ0n) is 11.5. The third-order valence-corrected chi connectivity index (χ3v) is 3.93. The van der Waals surface area contributed by atoms with Gasteiger partial charge in [-0.2, -0.15) is 0 Å². The molecule has 0 fully saturated rings. The van der Waals surface area contributed by atoms with Crippen molar-refractivity contribution in [3.8, 4) is 0 Å². The van der Waals surface area contributed by atoms with Crippen molar-refractivity contribution in [2.24, 2.45) is 5.73 Å². The lowest BCUT2D eigenvalue weighted by molar-refractivity contribution is 0.100. The summed E-state index contributed by atoms with van der Waals surface area (Å²) >= 11 is 2.22. The van der Waals surface area contributed by atoms with Crippen LogP contribution in [0.2, 0.25) is 0 Å². The number of hydrogen-bond acceptors (Lipinski definition) is 4. The largest absolute Gasteiger partial charge is 0.366 e. The second-order valence-corrected chi connectivity index (χ2v) is 5.65. The molecule has 0 saturated heterocycles. The number of nitrogens with two attached hydrogens (primary N) is 1. The van der Waals surface area contributed by atoms with E-state index in [1.165, 1.54) is 0 Å². The fraction of sp³-hybridized carbons (Fsp3) is 0.385. The minimum Gasteiger partial charge on any atom is -0.366 e. The Hall–Kier alpha value is -1.35. The van der Waals surface area contributed by atoms with Gasteiger partial charge in [0.05, 0.1) is 11.0 Å². The topological polar surface area (TPSA) is 85.0 Å². The Balaban J connectivity index is 2.52. The Labute approximate surface area is 131 Å². The smallest absolute Gasteiger partial charge is 0.248 e. The van der Waals surface area contributed by atoms with Gasteiger partial charge in [0.15, 0.2) is 0 Å². The number of amides is 1. The maximum atomic E-state index is 11.3. The summed E-state index contributed by atoms with van der Waals surface area (Å²) in [7, 11) is 3.78. The van der Waals surface area contributed by atoms with E-state index in [4.69, 9.17) is 5.73 Å². The first kappa shape index (κ1) is 15.0. The maximum Gasteiger partial charge on any atom is 0.248 e. The molecule has 0 bridgehead atoms. The highest BCUT2D eigenvalue weighted by atomic mass is 127. The predicted molar refractivity (Wildman–Crippen MR) is 89.1 cm³/mol. The van der Waals surface area contributed by atoms with E-state index < -0.39 is 5.91 Å². The van der Waals surface area contributed by atoms with Crippen LogP contribution in [-0.2, 0) is 6.54 Å². The molecule has 1 aromatic carbocycles. The third-order valence-electron chi connectivity index (χ3n) is 3.11. The SMILES string of the molecule is CNCCCn1c(NC)nc2cc(C(N)=O)cc(I)c21. The van der Waals surface area contributed by atoms with E-state index in [-0.39, 0.29) is 0 Å². The fourth-order valence-electron chi connectivity index (χ4n) is 2.18. The van der Waals surface area contributed by atoms with Gasteiger partial charge in [0.25, 0.3) is 0 Å². The van der Waals surface area contributed by atoms with E-state index in [9.17, 15) is 4.79 Å². The second kappa shape index (κ2) is 6.40. The molecule has 7 heteroatoms. The molecule has 0 radical (unpaired) electrons. The van der Waals surface area contributed by atoms with E-state index in [1.54, 1.807) is 12.1 Å². The summed E-state index contributed by atoms with van der Waals surface area (Å²) < 4.78 is 3.12. The van der Waals surface area contributed by atoms with Gasteiger partial charge in [-0.25, -0.2) is 4.98 Å². The molecule has 1 heterocycles. The lowest BCUT2D eigenvalue weighted by Crippen LogP contribution is -2.13. The summed E-state index contributed by atoms with van der Waals surface area (Å²) in [5.41, 5.74) is 7.67. The summed E-state index contributed by atoms with van der Waals surface area (Å²) in [6.07, 6.45) is 1.00. The van der Waals surface area contributed by atoms with Crippen LogP contribution in [0.5, 0.6) is 0 Å². The lowest BCUT2D eigenvalue weighted by Gasteiger charge is -2.09. The Bertz CT molecular complexity index is 637. The molecule has 0 aliphatic carbocycles.